The molecule has 0 aliphatic heterocycles. The van der Waals surface area contributed by atoms with Crippen LogP contribution < -0.4 is 0 Å². The van der Waals surface area contributed by atoms with Gasteiger partial charge in [-0.3, -0.25) is 0 Å². The number of unbranched alkanes of at least 4 members (excludes halogenated alkanes) is 2. The number of hydrogen-bond donors (Lipinski definition) is 0. The molecule has 0 aromatic heterocycles. The van der Waals surface area contributed by atoms with Crippen molar-refractivity contribution in [1.29, 1.82) is 0 Å². The van der Waals surface area contributed by atoms with Crippen molar-refractivity contribution < 1.29 is 14.3 Å². The molecule has 1 atom stereocenters. The quantitative estimate of drug-likeness (QED) is 0.156. The maximum absolute atomic E-state index is 10.9. The molecule has 4 nitrogen and oxygen atoms in total. The molecule has 0 aromatic carbocycles. The molecule has 78 valence electrons. The van der Waals surface area contributed by atoms with E-state index in [1.807, 2.05) is 0 Å². The molecule has 0 aliphatic rings. The van der Waals surface area contributed by atoms with Crippen molar-refractivity contribution in [1.82, 2.24) is 0 Å². The third-order valence-electron chi connectivity index (χ3n) is 1.79. The van der Waals surface area contributed by atoms with Crippen molar-refractivity contribution in [2.45, 2.75) is 38.7 Å². The third kappa shape index (κ3) is 6.14. The molecule has 0 rings (SSSR count). The number of ether oxygens (including phenoxy) is 1. The molecule has 0 radical (unpaired) electrons. The molecule has 0 spiro atoms. The molecular formula is C10H16N2O2. The second-order valence-electron chi connectivity index (χ2n) is 2.95. The summed E-state index contributed by atoms with van der Waals surface area (Å²) in [6.45, 7) is 5.67. The Hall–Kier alpha value is -1.41. The maximum atomic E-state index is 10.9. The largest absolute Gasteiger partial charge is 0.450 e. The summed E-state index contributed by atoms with van der Waals surface area (Å²) in [6.07, 6.45) is 6.02. The van der Waals surface area contributed by atoms with Crippen LogP contribution in [0.1, 0.15) is 32.6 Å². The van der Waals surface area contributed by atoms with Crippen LogP contribution in [0, 0.1) is 0 Å². The van der Waals surface area contributed by atoms with Crippen molar-refractivity contribution in [2.75, 3.05) is 0 Å². The van der Waals surface area contributed by atoms with Gasteiger partial charge in [0, 0.05) is 0 Å². The summed E-state index contributed by atoms with van der Waals surface area (Å²) in [7, 11) is 0. The Morgan fingerprint density at radius 2 is 2.36 bits per heavy atom. The summed E-state index contributed by atoms with van der Waals surface area (Å²) >= 11 is 0. The maximum Gasteiger partial charge on any atom is 0.414 e. The Bertz CT molecular complexity index is 232. The number of rotatable bonds is 7. The van der Waals surface area contributed by atoms with E-state index in [-0.39, 0.29) is 6.10 Å². The normalized spacial score (nSPS) is 11.2. The first-order valence-corrected chi connectivity index (χ1v) is 4.75. The Morgan fingerprint density at radius 1 is 1.64 bits per heavy atom. The molecule has 0 bridgehead atoms. The van der Waals surface area contributed by atoms with Gasteiger partial charge < -0.3 is 10.3 Å². The molecule has 4 heteroatoms. The second kappa shape index (κ2) is 8.20. The third-order valence-corrected chi connectivity index (χ3v) is 1.79. The lowest BCUT2D eigenvalue weighted by atomic mass is 10.1. The summed E-state index contributed by atoms with van der Waals surface area (Å²) in [4.78, 5) is 13.5. The molecule has 0 fully saturated rings. The van der Waals surface area contributed by atoms with E-state index in [2.05, 4.69) is 18.3 Å². The van der Waals surface area contributed by atoms with Crippen molar-refractivity contribution in [3.8, 4) is 0 Å². The van der Waals surface area contributed by atoms with Crippen LogP contribution in [-0.2, 0) is 9.53 Å². The minimum Gasteiger partial charge on any atom is -0.450 e. The number of hydrogen-bond acceptors (Lipinski definition) is 2. The van der Waals surface area contributed by atoms with Crippen LogP contribution in [0.5, 0.6) is 0 Å². The van der Waals surface area contributed by atoms with Crippen LogP contribution in [0.3, 0.4) is 0 Å². The van der Waals surface area contributed by atoms with Crippen LogP contribution in [0.2, 0.25) is 0 Å². The predicted molar refractivity (Wildman–Crippen MR) is 53.9 cm³/mol. The number of esters is 1. The van der Waals surface area contributed by atoms with E-state index in [9.17, 15) is 4.79 Å². The molecule has 0 N–H and O–H groups in total. The van der Waals surface area contributed by atoms with E-state index in [0.717, 1.165) is 31.9 Å². The van der Waals surface area contributed by atoms with Gasteiger partial charge in [0.1, 0.15) is 6.10 Å². The van der Waals surface area contributed by atoms with E-state index in [1.165, 1.54) is 0 Å². The average Bonchev–Trinajstić information content (AvgIpc) is 2.17. The van der Waals surface area contributed by atoms with Gasteiger partial charge >= 0.3 is 12.2 Å². The Kier molecular flexibility index (Phi) is 7.37. The number of carbonyl (C=O) groups is 1. The molecule has 0 saturated carbocycles. The summed E-state index contributed by atoms with van der Waals surface area (Å²) < 4.78 is 4.92. The van der Waals surface area contributed by atoms with Crippen molar-refractivity contribution in [3.63, 3.8) is 0 Å². The van der Waals surface area contributed by atoms with Gasteiger partial charge in [0.15, 0.2) is 0 Å². The molecule has 0 unspecified atom stereocenters. The molecule has 0 saturated heterocycles. The van der Waals surface area contributed by atoms with Crippen molar-refractivity contribution in [3.05, 3.63) is 18.2 Å². The second-order valence-corrected chi connectivity index (χ2v) is 2.95. The minimum absolute atomic E-state index is 0.285. The minimum atomic E-state index is -0.645. The first kappa shape index (κ1) is 12.6. The smallest absolute Gasteiger partial charge is 0.414 e. The van der Waals surface area contributed by atoms with Gasteiger partial charge in [-0.2, -0.15) is 4.79 Å². The number of nitrogens with zero attached hydrogens (tertiary/aromatic N) is 2. The van der Waals surface area contributed by atoms with Gasteiger partial charge in [-0.05, 0) is 12.8 Å². The van der Waals surface area contributed by atoms with Gasteiger partial charge in [0.25, 0.3) is 0 Å². The van der Waals surface area contributed by atoms with Crippen LogP contribution in [0.15, 0.2) is 12.7 Å². The van der Waals surface area contributed by atoms with E-state index in [4.69, 9.17) is 10.3 Å². The topological polar surface area (TPSA) is 62.7 Å². The Morgan fingerprint density at radius 3 is 2.86 bits per heavy atom. The zero-order valence-corrected chi connectivity index (χ0v) is 8.48. The summed E-state index contributed by atoms with van der Waals surface area (Å²) in [5, 5.41) is 0. The van der Waals surface area contributed by atoms with Crippen LogP contribution in [0.25, 0.3) is 5.53 Å². The lowest BCUT2D eigenvalue weighted by Gasteiger charge is -2.10. The zero-order valence-electron chi connectivity index (χ0n) is 8.48. The predicted octanol–water partition coefficient (Wildman–Crippen LogP) is 1.97. The first-order valence-electron chi connectivity index (χ1n) is 4.75. The SMILES string of the molecule is C=C[C@@H](CCCCC)OC(=O)C=[N+]=[N-]. The lowest BCUT2D eigenvalue weighted by Crippen LogP contribution is -2.16. The van der Waals surface area contributed by atoms with E-state index < -0.39 is 5.97 Å². The summed E-state index contributed by atoms with van der Waals surface area (Å²) in [5.41, 5.74) is 8.08. The van der Waals surface area contributed by atoms with E-state index in [1.54, 1.807) is 6.08 Å². The molecule has 14 heavy (non-hydrogen) atoms. The van der Waals surface area contributed by atoms with Gasteiger partial charge in [-0.25, -0.2) is 4.79 Å². The van der Waals surface area contributed by atoms with E-state index in [0.29, 0.717) is 0 Å². The summed E-state index contributed by atoms with van der Waals surface area (Å²) in [6, 6.07) is 0. The van der Waals surface area contributed by atoms with Gasteiger partial charge in [0.05, 0.1) is 0 Å². The number of carbonyl (C=O) groups excluding carboxylic acids is 1. The standard InChI is InChI=1S/C10H16N2O2/c1-3-5-6-7-9(4-2)14-10(13)8-12-11/h4,8-9H,2-3,5-7H2,1H3/t9-/m0/s1. The Labute approximate surface area is 84.2 Å². The molecule has 0 heterocycles. The van der Waals surface area contributed by atoms with Gasteiger partial charge in [-0.15, -0.1) is 0 Å². The molecular weight excluding hydrogens is 180 g/mol. The highest BCUT2D eigenvalue weighted by atomic mass is 16.5. The van der Waals surface area contributed by atoms with E-state index >= 15 is 0 Å². The Balaban J connectivity index is 3.83. The fourth-order valence-corrected chi connectivity index (χ4v) is 1.05. The molecule has 0 amide bonds. The zero-order chi connectivity index (χ0) is 10.8. The lowest BCUT2D eigenvalue weighted by molar-refractivity contribution is -0.142. The van der Waals surface area contributed by atoms with Crippen LogP contribution >= 0.6 is 0 Å². The monoisotopic (exact) mass is 196 g/mol. The molecule has 0 aliphatic carbocycles. The average molecular weight is 196 g/mol. The van der Waals surface area contributed by atoms with Crippen LogP contribution in [-0.4, -0.2) is 23.1 Å². The van der Waals surface area contributed by atoms with Crippen molar-refractivity contribution in [2.24, 2.45) is 0 Å². The first-order chi connectivity index (χ1) is 6.74. The fourth-order valence-electron chi connectivity index (χ4n) is 1.05. The summed E-state index contributed by atoms with van der Waals surface area (Å²) in [5.74, 6) is -0.645. The highest BCUT2D eigenvalue weighted by Gasteiger charge is 2.11. The van der Waals surface area contributed by atoms with Gasteiger partial charge in [0.2, 0.25) is 0 Å². The van der Waals surface area contributed by atoms with Crippen molar-refractivity contribution >= 4 is 12.2 Å². The van der Waals surface area contributed by atoms with Crippen LogP contribution in [0.4, 0.5) is 0 Å². The van der Waals surface area contributed by atoms with Gasteiger partial charge in [-0.1, -0.05) is 32.4 Å². The highest BCUT2D eigenvalue weighted by molar-refractivity contribution is 6.20. The fraction of sp³-hybridized carbons (Fsp3) is 0.600. The molecule has 0 aromatic rings. The highest BCUT2D eigenvalue weighted by Crippen LogP contribution is 2.07.